The third kappa shape index (κ3) is 7.33. The Morgan fingerprint density at radius 1 is 1.10 bits per heavy atom. The van der Waals surface area contributed by atoms with Crippen molar-refractivity contribution in [2.45, 2.75) is 26.7 Å². The van der Waals surface area contributed by atoms with Gasteiger partial charge < -0.3 is 19.5 Å². The molecule has 8 nitrogen and oxygen atoms in total. The third-order valence-corrected chi connectivity index (χ3v) is 4.40. The second kappa shape index (κ2) is 12.2. The van der Waals surface area contributed by atoms with Crippen LogP contribution in [0.1, 0.15) is 42.6 Å². The van der Waals surface area contributed by atoms with Gasteiger partial charge in [0.25, 0.3) is 5.91 Å². The highest BCUT2D eigenvalue weighted by molar-refractivity contribution is 5.89. The molecule has 0 atom stereocenters. The molecular formula is C23H29N3O5. The van der Waals surface area contributed by atoms with Crippen molar-refractivity contribution in [2.75, 3.05) is 32.2 Å². The second-order valence-electron chi connectivity index (χ2n) is 6.84. The van der Waals surface area contributed by atoms with E-state index in [1.165, 1.54) is 19.2 Å². The summed E-state index contributed by atoms with van der Waals surface area (Å²) in [6.07, 6.45) is 3.38. The second-order valence-corrected chi connectivity index (χ2v) is 6.84. The van der Waals surface area contributed by atoms with Crippen molar-refractivity contribution < 1.29 is 24.2 Å². The molecule has 8 heteroatoms. The minimum Gasteiger partial charge on any atom is -0.493 e. The fourth-order valence-corrected chi connectivity index (χ4v) is 2.92. The number of carboxylic acid groups (broad SMARTS) is 1. The number of carboxylic acids is 1. The van der Waals surface area contributed by atoms with E-state index in [4.69, 9.17) is 14.6 Å². The first-order valence-corrected chi connectivity index (χ1v) is 10.2. The summed E-state index contributed by atoms with van der Waals surface area (Å²) in [5.74, 6) is -0.0895. The fraction of sp³-hybridized carbons (Fsp3) is 0.348. The lowest BCUT2D eigenvalue weighted by Gasteiger charge is -2.21. The van der Waals surface area contributed by atoms with Crippen molar-refractivity contribution in [3.8, 4) is 11.5 Å². The van der Waals surface area contributed by atoms with Gasteiger partial charge in [-0.25, -0.2) is 4.79 Å². The summed E-state index contributed by atoms with van der Waals surface area (Å²) in [5, 5.41) is 13.2. The lowest BCUT2D eigenvalue weighted by Crippen LogP contribution is -2.36. The van der Waals surface area contributed by atoms with Crippen LogP contribution in [0.25, 0.3) is 0 Å². The number of anilines is 1. The van der Waals surface area contributed by atoms with Crippen LogP contribution in [-0.2, 0) is 4.79 Å². The Balaban J connectivity index is 2.00. The van der Waals surface area contributed by atoms with E-state index in [1.54, 1.807) is 41.4 Å². The van der Waals surface area contributed by atoms with Gasteiger partial charge in [-0.1, -0.05) is 19.9 Å². The number of hydrogen-bond donors (Lipinski definition) is 2. The SMILES string of the molecule is CCCN(CCC)C(=O)COc1ccc(C=NNc2cccc(C(=O)O)c2)cc1OC. The van der Waals surface area contributed by atoms with E-state index in [-0.39, 0.29) is 18.1 Å². The van der Waals surface area contributed by atoms with Crippen LogP contribution < -0.4 is 14.9 Å². The van der Waals surface area contributed by atoms with E-state index in [2.05, 4.69) is 10.5 Å². The van der Waals surface area contributed by atoms with Crippen LogP contribution in [0.3, 0.4) is 0 Å². The topological polar surface area (TPSA) is 100 Å². The molecule has 0 saturated carbocycles. The van der Waals surface area contributed by atoms with Crippen molar-refractivity contribution in [3.05, 3.63) is 53.6 Å². The number of carbonyl (C=O) groups excluding carboxylic acids is 1. The predicted octanol–water partition coefficient (Wildman–Crippen LogP) is 3.87. The van der Waals surface area contributed by atoms with E-state index in [1.807, 2.05) is 13.8 Å². The molecule has 0 saturated heterocycles. The summed E-state index contributed by atoms with van der Waals surface area (Å²) in [5.41, 5.74) is 4.28. The van der Waals surface area contributed by atoms with E-state index in [9.17, 15) is 9.59 Å². The van der Waals surface area contributed by atoms with E-state index in [0.29, 0.717) is 30.3 Å². The Bertz CT molecular complexity index is 908. The number of benzene rings is 2. The molecule has 0 aliphatic carbocycles. The van der Waals surface area contributed by atoms with Crippen LogP contribution >= 0.6 is 0 Å². The Kier molecular flexibility index (Phi) is 9.35. The highest BCUT2D eigenvalue weighted by atomic mass is 16.5. The van der Waals surface area contributed by atoms with Crippen LogP contribution in [0.2, 0.25) is 0 Å². The van der Waals surface area contributed by atoms with Crippen LogP contribution in [0.4, 0.5) is 5.69 Å². The molecule has 1 amide bonds. The lowest BCUT2D eigenvalue weighted by molar-refractivity contribution is -0.133. The van der Waals surface area contributed by atoms with Gasteiger partial charge >= 0.3 is 5.97 Å². The average molecular weight is 428 g/mol. The molecule has 0 bridgehead atoms. The maximum atomic E-state index is 12.4. The molecule has 0 aliphatic heterocycles. The fourth-order valence-electron chi connectivity index (χ4n) is 2.92. The Hall–Kier alpha value is -3.55. The molecule has 0 aliphatic rings. The van der Waals surface area contributed by atoms with Gasteiger partial charge in [-0.2, -0.15) is 5.10 Å². The van der Waals surface area contributed by atoms with Gasteiger partial charge in [0, 0.05) is 13.1 Å². The molecule has 2 rings (SSSR count). The zero-order chi connectivity index (χ0) is 22.6. The number of hydrazone groups is 1. The largest absolute Gasteiger partial charge is 0.493 e. The number of nitrogens with one attached hydrogen (secondary N) is 1. The first-order valence-electron chi connectivity index (χ1n) is 10.2. The predicted molar refractivity (Wildman–Crippen MR) is 120 cm³/mol. The molecule has 2 N–H and O–H groups in total. The number of rotatable bonds is 12. The van der Waals surface area contributed by atoms with E-state index < -0.39 is 5.97 Å². The zero-order valence-corrected chi connectivity index (χ0v) is 18.1. The quantitative estimate of drug-likeness (QED) is 0.394. The van der Waals surface area contributed by atoms with Gasteiger partial charge in [0.15, 0.2) is 18.1 Å². The minimum atomic E-state index is -1.00. The highest BCUT2D eigenvalue weighted by Crippen LogP contribution is 2.27. The maximum Gasteiger partial charge on any atom is 0.335 e. The summed E-state index contributed by atoms with van der Waals surface area (Å²) in [4.78, 5) is 25.2. The minimum absolute atomic E-state index is 0.0503. The molecule has 2 aromatic rings. The van der Waals surface area contributed by atoms with Gasteiger partial charge in [-0.3, -0.25) is 10.2 Å². The standard InChI is InChI=1S/C23H29N3O5/c1-4-11-26(12-5-2)22(27)16-31-20-10-9-17(13-21(20)30-3)15-24-25-19-8-6-7-18(14-19)23(28)29/h6-10,13-15,25H,4-5,11-12,16H2,1-3H3,(H,28,29). The molecule has 0 unspecified atom stereocenters. The van der Waals surface area contributed by atoms with Crippen LogP contribution in [0.5, 0.6) is 11.5 Å². The highest BCUT2D eigenvalue weighted by Gasteiger charge is 2.14. The van der Waals surface area contributed by atoms with Crippen LogP contribution in [0, 0.1) is 0 Å². The molecule has 0 spiro atoms. The molecule has 0 fully saturated rings. The first-order chi connectivity index (χ1) is 15.0. The van der Waals surface area contributed by atoms with E-state index in [0.717, 1.165) is 18.4 Å². The Labute approximate surface area is 182 Å². The Morgan fingerprint density at radius 2 is 1.84 bits per heavy atom. The lowest BCUT2D eigenvalue weighted by atomic mass is 10.2. The van der Waals surface area contributed by atoms with Gasteiger partial charge in [0.05, 0.1) is 24.6 Å². The molecule has 31 heavy (non-hydrogen) atoms. The molecule has 166 valence electrons. The van der Waals surface area contributed by atoms with Gasteiger partial charge in [0.1, 0.15) is 0 Å². The Morgan fingerprint density at radius 3 is 2.48 bits per heavy atom. The number of methoxy groups -OCH3 is 1. The van der Waals surface area contributed by atoms with Crippen molar-refractivity contribution in [3.63, 3.8) is 0 Å². The first kappa shape index (κ1) is 23.7. The average Bonchev–Trinajstić information content (AvgIpc) is 2.77. The van der Waals surface area contributed by atoms with Crippen LogP contribution in [0.15, 0.2) is 47.6 Å². The van der Waals surface area contributed by atoms with E-state index >= 15 is 0 Å². The smallest absolute Gasteiger partial charge is 0.335 e. The molecule has 2 aromatic carbocycles. The summed E-state index contributed by atoms with van der Waals surface area (Å²) in [6.45, 7) is 5.46. The van der Waals surface area contributed by atoms with Crippen molar-refractivity contribution in [2.24, 2.45) is 5.10 Å². The van der Waals surface area contributed by atoms with Crippen LogP contribution in [-0.4, -0.2) is 54.9 Å². The number of ether oxygens (including phenoxy) is 2. The number of carbonyl (C=O) groups is 2. The van der Waals surface area contributed by atoms with Crippen molar-refractivity contribution in [1.82, 2.24) is 4.90 Å². The molecular weight excluding hydrogens is 398 g/mol. The number of aromatic carboxylic acids is 1. The number of amides is 1. The molecule has 0 radical (unpaired) electrons. The monoisotopic (exact) mass is 427 g/mol. The van der Waals surface area contributed by atoms with Gasteiger partial charge in [0.2, 0.25) is 0 Å². The number of nitrogens with zero attached hydrogens (tertiary/aromatic N) is 2. The number of hydrogen-bond acceptors (Lipinski definition) is 6. The van der Waals surface area contributed by atoms with Crippen molar-refractivity contribution in [1.29, 1.82) is 0 Å². The summed E-state index contributed by atoms with van der Waals surface area (Å²) in [7, 11) is 1.53. The molecule has 0 aromatic heterocycles. The zero-order valence-electron chi connectivity index (χ0n) is 18.1. The maximum absolute atomic E-state index is 12.4. The van der Waals surface area contributed by atoms with Gasteiger partial charge in [-0.05, 0) is 54.8 Å². The van der Waals surface area contributed by atoms with Gasteiger partial charge in [-0.15, -0.1) is 0 Å². The summed E-state index contributed by atoms with van der Waals surface area (Å²) >= 11 is 0. The third-order valence-electron chi connectivity index (χ3n) is 4.40. The summed E-state index contributed by atoms with van der Waals surface area (Å²) < 4.78 is 11.1. The normalized spacial score (nSPS) is 10.7. The molecule has 0 heterocycles. The summed E-state index contributed by atoms with van der Waals surface area (Å²) in [6, 6.07) is 11.6. The van der Waals surface area contributed by atoms with Crippen molar-refractivity contribution >= 4 is 23.8 Å².